The quantitative estimate of drug-likeness (QED) is 0.0353. The second-order valence-electron chi connectivity index (χ2n) is 22.7. The topological polar surface area (TPSA) is 99.5 Å². The number of hydrogen-bond donors (Lipinski definition) is 2. The molecule has 0 aromatic heterocycles. The fourth-order valence-corrected chi connectivity index (χ4v) is 10.8. The van der Waals surface area contributed by atoms with Crippen LogP contribution in [0.15, 0.2) is 0 Å². The summed E-state index contributed by atoms with van der Waals surface area (Å²) in [4.78, 5) is 30.4. The lowest BCUT2D eigenvalue weighted by molar-refractivity contribution is -0.146. The van der Waals surface area contributed by atoms with Crippen LogP contribution in [0.3, 0.4) is 0 Å². The standard InChI is InChI=1S/C64H128N2O6/c1-7-13-19-32-45-59(43-17-11-5)57-71-63(69)50-37-29-25-23-27-34-47-61(48-35-28-24-26-30-38-51-64(70)72-58-60(44-18-12-6)46-33-20-14-8-2)65(55-42-56-67)52-41-31-36-49-62(68)66(53-39-21-15-9-3)54-40-22-16-10-4/h59-62,67-68H,7-58H2,1-6H3. The van der Waals surface area contributed by atoms with Crippen molar-refractivity contribution in [2.75, 3.05) is 46.0 Å². The van der Waals surface area contributed by atoms with Crippen LogP contribution in [0, 0.1) is 11.8 Å². The van der Waals surface area contributed by atoms with Crippen LogP contribution < -0.4 is 0 Å². The fourth-order valence-electron chi connectivity index (χ4n) is 10.8. The molecule has 0 aromatic rings. The molecule has 2 N–H and O–H groups in total. The number of hydrogen-bond acceptors (Lipinski definition) is 8. The third-order valence-corrected chi connectivity index (χ3v) is 15.7. The van der Waals surface area contributed by atoms with Crippen molar-refractivity contribution in [3.63, 3.8) is 0 Å². The normalized spacial score (nSPS) is 13.5. The number of carbonyl (C=O) groups is 2. The predicted molar refractivity (Wildman–Crippen MR) is 311 cm³/mol. The van der Waals surface area contributed by atoms with Gasteiger partial charge in [0.25, 0.3) is 0 Å². The second-order valence-corrected chi connectivity index (χ2v) is 22.7. The third kappa shape index (κ3) is 46.1. The minimum absolute atomic E-state index is 0.000745. The summed E-state index contributed by atoms with van der Waals surface area (Å²) in [6, 6.07) is 0.536. The molecule has 8 heteroatoms. The molecule has 0 bridgehead atoms. The molecule has 0 aliphatic carbocycles. The fraction of sp³-hybridized carbons (Fsp3) is 0.969. The van der Waals surface area contributed by atoms with Crippen molar-refractivity contribution in [1.82, 2.24) is 9.80 Å². The lowest BCUT2D eigenvalue weighted by Crippen LogP contribution is -2.38. The molecule has 430 valence electrons. The SMILES string of the molecule is CCCCCCC(CCCC)COC(=O)CCCCCCCCC(CCCCCCCCC(=O)OCC(CCCC)CCCCCC)N(CCCO)CCCCCC(O)N(CCCCCC)CCCCCC. The predicted octanol–water partition coefficient (Wildman–Crippen LogP) is 18.3. The van der Waals surface area contributed by atoms with E-state index in [0.29, 0.717) is 43.9 Å². The Balaban J connectivity index is 5.13. The van der Waals surface area contributed by atoms with Crippen LogP contribution in [-0.2, 0) is 19.1 Å². The first-order valence-corrected chi connectivity index (χ1v) is 32.4. The highest BCUT2D eigenvalue weighted by Crippen LogP contribution is 2.23. The highest BCUT2D eigenvalue weighted by molar-refractivity contribution is 5.69. The van der Waals surface area contributed by atoms with Crippen LogP contribution in [0.25, 0.3) is 0 Å². The zero-order valence-electron chi connectivity index (χ0n) is 49.5. The number of rotatable bonds is 59. The molecule has 0 heterocycles. The Morgan fingerprint density at radius 2 is 0.653 bits per heavy atom. The van der Waals surface area contributed by atoms with Gasteiger partial charge in [-0.3, -0.25) is 14.5 Å². The molecule has 0 radical (unpaired) electrons. The van der Waals surface area contributed by atoms with Gasteiger partial charge in [-0.1, -0.05) is 228 Å². The Bertz CT molecular complexity index is 1040. The van der Waals surface area contributed by atoms with Gasteiger partial charge in [-0.2, -0.15) is 0 Å². The van der Waals surface area contributed by atoms with E-state index in [2.05, 4.69) is 51.3 Å². The first-order chi connectivity index (χ1) is 35.3. The number of esters is 2. The van der Waals surface area contributed by atoms with Crippen molar-refractivity contribution in [3.05, 3.63) is 0 Å². The van der Waals surface area contributed by atoms with Crippen molar-refractivity contribution < 1.29 is 29.3 Å². The van der Waals surface area contributed by atoms with E-state index in [4.69, 9.17) is 9.47 Å². The van der Waals surface area contributed by atoms with Gasteiger partial charge in [-0.05, 0) is 108 Å². The summed E-state index contributed by atoms with van der Waals surface area (Å²) in [6.07, 6.45) is 51.8. The van der Waals surface area contributed by atoms with E-state index in [1.54, 1.807) is 0 Å². The van der Waals surface area contributed by atoms with Crippen molar-refractivity contribution in [3.8, 4) is 0 Å². The molecule has 0 saturated heterocycles. The van der Waals surface area contributed by atoms with Crippen LogP contribution >= 0.6 is 0 Å². The molecule has 0 aromatic carbocycles. The summed E-state index contributed by atoms with van der Waals surface area (Å²) < 4.78 is 11.6. The van der Waals surface area contributed by atoms with E-state index in [1.165, 1.54) is 218 Å². The van der Waals surface area contributed by atoms with E-state index < -0.39 is 0 Å². The van der Waals surface area contributed by atoms with Crippen LogP contribution in [0.1, 0.15) is 330 Å². The monoisotopic (exact) mass is 1020 g/mol. The van der Waals surface area contributed by atoms with E-state index in [9.17, 15) is 19.8 Å². The molecule has 0 aliphatic rings. The van der Waals surface area contributed by atoms with E-state index >= 15 is 0 Å². The van der Waals surface area contributed by atoms with Gasteiger partial charge in [0.05, 0.1) is 13.2 Å². The molecule has 3 atom stereocenters. The third-order valence-electron chi connectivity index (χ3n) is 15.7. The molecule has 8 nitrogen and oxygen atoms in total. The lowest BCUT2D eigenvalue weighted by atomic mass is 9.96. The average molecular weight is 1020 g/mol. The van der Waals surface area contributed by atoms with Gasteiger partial charge in [0, 0.05) is 45.1 Å². The Morgan fingerprint density at radius 1 is 0.347 bits per heavy atom. The van der Waals surface area contributed by atoms with Crippen molar-refractivity contribution in [2.45, 2.75) is 343 Å². The van der Waals surface area contributed by atoms with Crippen LogP contribution in [0.2, 0.25) is 0 Å². The Morgan fingerprint density at radius 3 is 1.07 bits per heavy atom. The highest BCUT2D eigenvalue weighted by Gasteiger charge is 2.20. The number of ether oxygens (including phenoxy) is 2. The highest BCUT2D eigenvalue weighted by atomic mass is 16.5. The molecule has 0 saturated carbocycles. The maximum Gasteiger partial charge on any atom is 0.305 e. The number of carbonyl (C=O) groups excluding carboxylic acids is 2. The van der Waals surface area contributed by atoms with Gasteiger partial charge in [-0.25, -0.2) is 0 Å². The minimum atomic E-state index is -0.329. The summed E-state index contributed by atoms with van der Waals surface area (Å²) in [6.45, 7) is 19.1. The first kappa shape index (κ1) is 70.8. The van der Waals surface area contributed by atoms with Crippen LogP contribution in [0.4, 0.5) is 0 Å². The molecular weight excluding hydrogens is 893 g/mol. The lowest BCUT2D eigenvalue weighted by Gasteiger charge is -2.32. The Labute approximate surface area is 449 Å². The van der Waals surface area contributed by atoms with Gasteiger partial charge >= 0.3 is 11.9 Å². The van der Waals surface area contributed by atoms with E-state index in [0.717, 1.165) is 84.0 Å². The molecular formula is C64H128N2O6. The summed E-state index contributed by atoms with van der Waals surface area (Å²) in [5, 5.41) is 21.3. The zero-order valence-corrected chi connectivity index (χ0v) is 49.5. The average Bonchev–Trinajstić information content (AvgIpc) is 3.38. The molecule has 0 aliphatic heterocycles. The van der Waals surface area contributed by atoms with Crippen molar-refractivity contribution in [1.29, 1.82) is 0 Å². The number of unbranched alkanes of at least 4 members (excludes halogenated alkanes) is 26. The second kappa shape index (κ2) is 56.0. The molecule has 72 heavy (non-hydrogen) atoms. The van der Waals surface area contributed by atoms with Crippen molar-refractivity contribution in [2.24, 2.45) is 11.8 Å². The number of aliphatic hydroxyl groups is 2. The smallest absolute Gasteiger partial charge is 0.305 e. The van der Waals surface area contributed by atoms with Gasteiger partial charge in [0.15, 0.2) is 0 Å². The maximum absolute atomic E-state index is 12.7. The molecule has 0 spiro atoms. The minimum Gasteiger partial charge on any atom is -0.465 e. The summed E-state index contributed by atoms with van der Waals surface area (Å²) in [5.41, 5.74) is 0. The van der Waals surface area contributed by atoms with Gasteiger partial charge in [0.1, 0.15) is 6.23 Å². The van der Waals surface area contributed by atoms with E-state index in [1.807, 2.05) is 0 Å². The van der Waals surface area contributed by atoms with Gasteiger partial charge in [-0.15, -0.1) is 0 Å². The zero-order chi connectivity index (χ0) is 52.8. The van der Waals surface area contributed by atoms with Gasteiger partial charge in [0.2, 0.25) is 0 Å². The van der Waals surface area contributed by atoms with Gasteiger partial charge < -0.3 is 24.6 Å². The number of aliphatic hydroxyl groups excluding tert-OH is 2. The first-order valence-electron chi connectivity index (χ1n) is 32.4. The molecule has 3 unspecified atom stereocenters. The largest absolute Gasteiger partial charge is 0.465 e. The van der Waals surface area contributed by atoms with Crippen molar-refractivity contribution >= 4 is 11.9 Å². The number of nitrogens with zero attached hydrogens (tertiary/aromatic N) is 2. The summed E-state index contributed by atoms with van der Waals surface area (Å²) in [5.74, 6) is 1.05. The van der Waals surface area contributed by atoms with E-state index in [-0.39, 0.29) is 24.8 Å². The van der Waals surface area contributed by atoms with Crippen LogP contribution in [0.5, 0.6) is 0 Å². The summed E-state index contributed by atoms with van der Waals surface area (Å²) >= 11 is 0. The molecule has 0 rings (SSSR count). The van der Waals surface area contributed by atoms with Crippen LogP contribution in [-0.4, -0.2) is 90.2 Å². The molecule has 0 amide bonds. The maximum atomic E-state index is 12.7. The molecule has 0 fully saturated rings. The Kier molecular flexibility index (Phi) is 55.0. The Hall–Kier alpha value is -1.22. The summed E-state index contributed by atoms with van der Waals surface area (Å²) in [7, 11) is 0.